The van der Waals surface area contributed by atoms with E-state index in [1.165, 1.54) is 73.3 Å². The third-order valence-electron chi connectivity index (χ3n) is 15.7. The predicted octanol–water partition coefficient (Wildman–Crippen LogP) is 11.8. The van der Waals surface area contributed by atoms with Gasteiger partial charge in [-0.15, -0.1) is 0 Å². The maximum absolute atomic E-state index is 9.68. The molecule has 2 heterocycles. The van der Waals surface area contributed by atoms with Crippen molar-refractivity contribution in [3.8, 4) is 0 Å². The lowest BCUT2D eigenvalue weighted by Crippen LogP contribution is -2.34. The highest BCUT2D eigenvalue weighted by molar-refractivity contribution is 5.48. The number of nitrogens with zero attached hydrogens (tertiary/aromatic N) is 1. The van der Waals surface area contributed by atoms with Crippen molar-refractivity contribution in [3.63, 3.8) is 0 Å². The number of aryl methyl sites for hydroxylation is 2. The van der Waals surface area contributed by atoms with Gasteiger partial charge in [-0.05, 0) is 124 Å². The molecular weight excluding hydrogens is 769 g/mol. The van der Waals surface area contributed by atoms with Gasteiger partial charge < -0.3 is 15.5 Å². The average Bonchev–Trinajstić information content (AvgIpc) is 4.19. The number of nitrogens with one attached hydrogen (secondary N) is 1. The number of likely N-dealkylation sites (tertiary alicyclic amines) is 1. The van der Waals surface area contributed by atoms with Crippen LogP contribution in [0.5, 0.6) is 0 Å². The second-order valence-electron chi connectivity index (χ2n) is 19.5. The van der Waals surface area contributed by atoms with Gasteiger partial charge in [0.1, 0.15) is 0 Å². The maximum atomic E-state index is 9.68. The highest BCUT2D eigenvalue weighted by Crippen LogP contribution is 2.53. The molecule has 6 aliphatic carbocycles. The van der Waals surface area contributed by atoms with Crippen LogP contribution in [0.25, 0.3) is 0 Å². The summed E-state index contributed by atoms with van der Waals surface area (Å²) in [7, 11) is 0. The second-order valence-corrected chi connectivity index (χ2v) is 19.5. The summed E-state index contributed by atoms with van der Waals surface area (Å²) in [5, 5.41) is 22.9. The fourth-order valence-electron chi connectivity index (χ4n) is 12.4. The molecule has 2 aliphatic heterocycles. The normalized spacial score (nSPS) is 28.6. The van der Waals surface area contributed by atoms with Crippen molar-refractivity contribution in [3.05, 3.63) is 225 Å². The molecule has 2 saturated heterocycles. The van der Waals surface area contributed by atoms with Gasteiger partial charge in [0.15, 0.2) is 0 Å². The summed E-state index contributed by atoms with van der Waals surface area (Å²) < 4.78 is 0. The predicted molar refractivity (Wildman–Crippen MR) is 258 cm³/mol. The van der Waals surface area contributed by atoms with E-state index in [0.29, 0.717) is 0 Å². The number of hydrogen-bond donors (Lipinski definition) is 3. The molecule has 4 heteroatoms. The van der Waals surface area contributed by atoms with Gasteiger partial charge in [0.05, 0.1) is 12.2 Å². The van der Waals surface area contributed by atoms with E-state index in [1.807, 2.05) is 12.1 Å². The van der Waals surface area contributed by atoms with E-state index in [-0.39, 0.29) is 11.8 Å². The minimum Gasteiger partial charge on any atom is -0.390 e. The molecular formula is C59H64N2O2. The van der Waals surface area contributed by atoms with E-state index in [0.717, 1.165) is 48.5 Å². The molecule has 3 fully saturated rings. The zero-order valence-electron chi connectivity index (χ0n) is 37.1. The first-order valence-corrected chi connectivity index (χ1v) is 23.8. The first-order valence-electron chi connectivity index (χ1n) is 23.8. The van der Waals surface area contributed by atoms with Gasteiger partial charge in [-0.1, -0.05) is 164 Å². The Labute approximate surface area is 375 Å². The first kappa shape index (κ1) is 41.9. The number of allylic oxidation sites excluding steroid dienone is 2. The van der Waals surface area contributed by atoms with Crippen LogP contribution < -0.4 is 5.32 Å². The Morgan fingerprint density at radius 3 is 1.27 bits per heavy atom. The SMILES string of the molecule is C1=CC2CC1c1ccccc12.Cc1ccccc1C.OC1C2CC(c3ccccc32)C1O.c1ccc(CN2CC3CC(C2)c2ccccc23)cc1.c1ccc2c(c1)C1CNCC2C1. The summed E-state index contributed by atoms with van der Waals surface area (Å²) in [6.07, 6.45) is 8.62. The van der Waals surface area contributed by atoms with E-state index in [4.69, 9.17) is 0 Å². The fraction of sp³-hybridized carbons (Fsp3) is 0.356. The lowest BCUT2D eigenvalue weighted by atomic mass is 9.88. The molecule has 10 unspecified atom stereocenters. The summed E-state index contributed by atoms with van der Waals surface area (Å²) in [6.45, 7) is 10.2. The molecule has 6 aromatic carbocycles. The molecule has 63 heavy (non-hydrogen) atoms. The van der Waals surface area contributed by atoms with Crippen LogP contribution in [0.15, 0.2) is 164 Å². The van der Waals surface area contributed by atoms with Crippen molar-refractivity contribution in [2.75, 3.05) is 26.2 Å². The summed E-state index contributed by atoms with van der Waals surface area (Å²) >= 11 is 0. The van der Waals surface area contributed by atoms with Crippen LogP contribution in [0, 0.1) is 13.8 Å². The van der Waals surface area contributed by atoms with Gasteiger partial charge in [0.2, 0.25) is 0 Å². The van der Waals surface area contributed by atoms with E-state index < -0.39 is 12.2 Å². The second kappa shape index (κ2) is 18.6. The summed E-state index contributed by atoms with van der Waals surface area (Å²) in [4.78, 5) is 2.63. The molecule has 1 saturated carbocycles. The topological polar surface area (TPSA) is 55.7 Å². The van der Waals surface area contributed by atoms with Crippen LogP contribution in [0.4, 0.5) is 0 Å². The third kappa shape index (κ3) is 8.64. The number of rotatable bonds is 2. The number of hydrogen-bond acceptors (Lipinski definition) is 4. The number of aliphatic hydroxyl groups is 2. The standard InChI is InChI=1S/C18H19N.C11H13N.C11H12O2.C11H10.C8H10/c1-2-6-14(7-3-1)11-19-12-15-10-16(13-19)18-9-5-4-8-17(15)18;1-2-4-11-9-5-8(6-12-7-9)10(11)3-1;12-10-8-5-9(11(10)13)7-4-2-1-3-6(7)8;1-2-4-11-9-6-5-8(7-9)10(11)3-1;1-7-5-3-4-6-8(7)2/h1-9,15-16H,10-13H2;1-4,8-9,12H,5-7H2;1-4,8-13H,5H2;1-6,8-9H,7H2;3-6H,1-2H3. The van der Waals surface area contributed by atoms with Crippen LogP contribution in [-0.4, -0.2) is 53.5 Å². The molecule has 8 bridgehead atoms. The lowest BCUT2D eigenvalue weighted by molar-refractivity contribution is 0.0217. The van der Waals surface area contributed by atoms with Crippen LogP contribution in [-0.2, 0) is 6.54 Å². The van der Waals surface area contributed by atoms with Gasteiger partial charge >= 0.3 is 0 Å². The zero-order chi connectivity index (χ0) is 42.9. The molecule has 14 rings (SSSR count). The molecule has 3 N–H and O–H groups in total. The Morgan fingerprint density at radius 1 is 0.429 bits per heavy atom. The van der Waals surface area contributed by atoms with Gasteiger partial charge in [0.25, 0.3) is 0 Å². The Balaban J connectivity index is 0.0000000962. The average molecular weight is 833 g/mol. The quantitative estimate of drug-likeness (QED) is 0.152. The van der Waals surface area contributed by atoms with E-state index in [9.17, 15) is 10.2 Å². The van der Waals surface area contributed by atoms with Crippen molar-refractivity contribution in [2.24, 2.45) is 0 Å². The molecule has 322 valence electrons. The van der Waals surface area contributed by atoms with Gasteiger partial charge in [-0.25, -0.2) is 0 Å². The summed E-state index contributed by atoms with van der Waals surface area (Å²) in [6, 6.07) is 54.2. The van der Waals surface area contributed by atoms with E-state index >= 15 is 0 Å². The number of benzene rings is 6. The van der Waals surface area contributed by atoms with Crippen LogP contribution >= 0.6 is 0 Å². The molecule has 8 aliphatic rings. The largest absolute Gasteiger partial charge is 0.390 e. The van der Waals surface area contributed by atoms with Crippen LogP contribution in [0.1, 0.15) is 134 Å². The number of aliphatic hydroxyl groups excluding tert-OH is 2. The highest BCUT2D eigenvalue weighted by atomic mass is 16.3. The van der Waals surface area contributed by atoms with Crippen molar-refractivity contribution in [1.82, 2.24) is 10.2 Å². The molecule has 4 nitrogen and oxygen atoms in total. The smallest absolute Gasteiger partial charge is 0.0873 e. The maximum Gasteiger partial charge on any atom is 0.0873 e. The minimum atomic E-state index is -0.542. The highest BCUT2D eigenvalue weighted by Gasteiger charge is 2.49. The van der Waals surface area contributed by atoms with Gasteiger partial charge in [0, 0.05) is 56.4 Å². The summed E-state index contributed by atoms with van der Waals surface area (Å²) in [5.74, 6) is 4.98. The Hall–Kier alpha value is -5.10. The first-order chi connectivity index (χ1) is 30.9. The van der Waals surface area contributed by atoms with Crippen molar-refractivity contribution >= 4 is 0 Å². The minimum absolute atomic E-state index is 0.177. The van der Waals surface area contributed by atoms with Gasteiger partial charge in [-0.2, -0.15) is 0 Å². The van der Waals surface area contributed by atoms with Crippen molar-refractivity contribution in [1.29, 1.82) is 0 Å². The van der Waals surface area contributed by atoms with E-state index in [2.05, 4.69) is 176 Å². The zero-order valence-corrected chi connectivity index (χ0v) is 37.1. The summed E-state index contributed by atoms with van der Waals surface area (Å²) in [5.41, 5.74) is 16.2. The Morgan fingerprint density at radius 2 is 0.810 bits per heavy atom. The molecule has 0 radical (unpaired) electrons. The van der Waals surface area contributed by atoms with E-state index in [1.54, 1.807) is 33.4 Å². The monoisotopic (exact) mass is 832 g/mol. The third-order valence-corrected chi connectivity index (χ3v) is 15.7. The molecule has 0 amide bonds. The molecule has 0 spiro atoms. The van der Waals surface area contributed by atoms with Crippen LogP contribution in [0.3, 0.4) is 0 Å². The molecule has 0 aromatic heterocycles. The van der Waals surface area contributed by atoms with Crippen LogP contribution in [0.2, 0.25) is 0 Å². The molecule has 6 aromatic rings. The van der Waals surface area contributed by atoms with Crippen molar-refractivity contribution < 1.29 is 10.2 Å². The lowest BCUT2D eigenvalue weighted by Gasteiger charge is -2.32. The number of fused-ring (bicyclic) bond motifs is 20. The Kier molecular flexibility index (Phi) is 12.3. The fourth-order valence-corrected chi connectivity index (χ4v) is 12.4. The Bertz CT molecular complexity index is 2380. The van der Waals surface area contributed by atoms with Crippen molar-refractivity contribution in [2.45, 2.75) is 106 Å². The van der Waals surface area contributed by atoms with Gasteiger partial charge in [-0.3, -0.25) is 4.90 Å². The molecule has 10 atom stereocenters. The number of piperidine rings is 2.